The lowest BCUT2D eigenvalue weighted by Gasteiger charge is -2.08. The summed E-state index contributed by atoms with van der Waals surface area (Å²) >= 11 is 8.03. The number of rotatable bonds is 2. The van der Waals surface area contributed by atoms with E-state index in [1.54, 1.807) is 0 Å². The van der Waals surface area contributed by atoms with Crippen LogP contribution in [0.15, 0.2) is 16.6 Å². The Morgan fingerprint density at radius 1 is 1.35 bits per heavy atom. The van der Waals surface area contributed by atoms with E-state index >= 15 is 0 Å². The zero-order valence-corrected chi connectivity index (χ0v) is 10.5. The minimum atomic E-state index is -0.967. The highest BCUT2D eigenvalue weighted by Gasteiger charge is 2.13. The van der Waals surface area contributed by atoms with Crippen LogP contribution >= 0.6 is 27.5 Å². The average Bonchev–Trinajstić information content (AvgIpc) is 2.23. The monoisotopic (exact) mass is 326 g/mol. The first-order chi connectivity index (χ1) is 7.93. The summed E-state index contributed by atoms with van der Waals surface area (Å²) in [7, 11) is 0. The number of nitrogens with one attached hydrogen (secondary N) is 2. The fraction of sp³-hybridized carbons (Fsp3) is 0.111. The molecule has 0 heterocycles. The molecule has 17 heavy (non-hydrogen) atoms. The number of amides is 3. The summed E-state index contributed by atoms with van der Waals surface area (Å²) in [6.45, 7) is 0. The fourth-order valence-electron chi connectivity index (χ4n) is 0.966. The molecule has 0 fully saturated rings. The van der Waals surface area contributed by atoms with Gasteiger partial charge in [-0.05, 0) is 22.0 Å². The van der Waals surface area contributed by atoms with Crippen molar-refractivity contribution in [2.45, 2.75) is 0 Å². The number of hydrogen-bond acceptors (Lipinski definition) is 2. The van der Waals surface area contributed by atoms with Gasteiger partial charge in [0.1, 0.15) is 11.7 Å². The van der Waals surface area contributed by atoms with Gasteiger partial charge in [-0.3, -0.25) is 10.1 Å². The van der Waals surface area contributed by atoms with Crippen molar-refractivity contribution < 1.29 is 18.4 Å². The largest absolute Gasteiger partial charge is 0.326 e. The van der Waals surface area contributed by atoms with Crippen LogP contribution in [0.2, 0.25) is 0 Å². The van der Waals surface area contributed by atoms with Gasteiger partial charge in [-0.1, -0.05) is 0 Å². The van der Waals surface area contributed by atoms with Gasteiger partial charge >= 0.3 is 6.03 Å². The molecular weight excluding hydrogens is 321 g/mol. The summed E-state index contributed by atoms with van der Waals surface area (Å²) in [5.41, 5.74) is -0.272. The van der Waals surface area contributed by atoms with E-state index in [1.807, 2.05) is 5.32 Å². The fourth-order valence-corrected chi connectivity index (χ4v) is 1.54. The second kappa shape index (κ2) is 5.92. The van der Waals surface area contributed by atoms with Crippen molar-refractivity contribution in [2.75, 3.05) is 11.2 Å². The number of hydrogen-bond donors (Lipinski definition) is 2. The Morgan fingerprint density at radius 3 is 2.53 bits per heavy atom. The van der Waals surface area contributed by atoms with Gasteiger partial charge in [0, 0.05) is 10.5 Å². The lowest BCUT2D eigenvalue weighted by atomic mass is 10.3. The van der Waals surface area contributed by atoms with Crippen molar-refractivity contribution in [2.24, 2.45) is 0 Å². The van der Waals surface area contributed by atoms with E-state index in [2.05, 4.69) is 21.2 Å². The Bertz CT molecular complexity index is 447. The standard InChI is InChI=1S/C9H6BrClF2N2O2/c10-5-1-4(12)2-6(13)8(5)15-9(17)14-7(16)3-11/h1-2H,3H2,(H2,14,15,16,17). The molecule has 0 unspecified atom stereocenters. The van der Waals surface area contributed by atoms with Crippen LogP contribution in [-0.4, -0.2) is 17.8 Å². The first-order valence-corrected chi connectivity index (χ1v) is 5.58. The summed E-state index contributed by atoms with van der Waals surface area (Å²) in [6, 6.07) is 0.619. The van der Waals surface area contributed by atoms with Crippen molar-refractivity contribution in [1.82, 2.24) is 5.32 Å². The van der Waals surface area contributed by atoms with E-state index in [1.165, 1.54) is 0 Å². The molecule has 0 radical (unpaired) electrons. The van der Waals surface area contributed by atoms with E-state index in [4.69, 9.17) is 11.6 Å². The Hall–Kier alpha value is -1.21. The number of urea groups is 1. The van der Waals surface area contributed by atoms with Gasteiger partial charge in [-0.15, -0.1) is 11.6 Å². The maximum atomic E-state index is 13.3. The van der Waals surface area contributed by atoms with Crippen LogP contribution < -0.4 is 10.6 Å². The molecule has 0 aliphatic rings. The zero-order chi connectivity index (χ0) is 13.0. The summed E-state index contributed by atoms with van der Waals surface area (Å²) in [6.07, 6.45) is 0. The molecule has 1 aromatic rings. The molecule has 0 aliphatic heterocycles. The van der Waals surface area contributed by atoms with E-state index in [0.29, 0.717) is 6.07 Å². The van der Waals surface area contributed by atoms with Gasteiger partial charge in [-0.25, -0.2) is 13.6 Å². The third-order valence-corrected chi connectivity index (χ3v) is 2.49. The van der Waals surface area contributed by atoms with Crippen molar-refractivity contribution in [3.8, 4) is 0 Å². The molecule has 1 aromatic carbocycles. The molecule has 2 N–H and O–H groups in total. The summed E-state index contributed by atoms with van der Waals surface area (Å²) in [5, 5.41) is 3.90. The van der Waals surface area contributed by atoms with Gasteiger partial charge in [0.15, 0.2) is 5.82 Å². The predicted molar refractivity (Wildman–Crippen MR) is 61.9 cm³/mol. The van der Waals surface area contributed by atoms with E-state index in [-0.39, 0.29) is 10.2 Å². The van der Waals surface area contributed by atoms with Crippen LogP contribution in [0.4, 0.5) is 19.3 Å². The van der Waals surface area contributed by atoms with Crippen LogP contribution in [0.25, 0.3) is 0 Å². The number of carbonyl (C=O) groups excluding carboxylic acids is 2. The third kappa shape index (κ3) is 3.94. The lowest BCUT2D eigenvalue weighted by molar-refractivity contribution is -0.117. The van der Waals surface area contributed by atoms with Gasteiger partial charge in [-0.2, -0.15) is 0 Å². The number of alkyl halides is 1. The molecule has 4 nitrogen and oxygen atoms in total. The van der Waals surface area contributed by atoms with Crippen LogP contribution in [0.5, 0.6) is 0 Å². The highest BCUT2D eigenvalue weighted by atomic mass is 79.9. The molecule has 0 saturated heterocycles. The van der Waals surface area contributed by atoms with E-state index in [0.717, 1.165) is 6.07 Å². The Labute approximate surface area is 108 Å². The van der Waals surface area contributed by atoms with Crippen molar-refractivity contribution in [1.29, 1.82) is 0 Å². The number of carbonyl (C=O) groups is 2. The highest BCUT2D eigenvalue weighted by Crippen LogP contribution is 2.26. The zero-order valence-electron chi connectivity index (χ0n) is 8.19. The molecule has 0 spiro atoms. The summed E-state index contributed by atoms with van der Waals surface area (Å²) in [4.78, 5) is 22.0. The second-order valence-electron chi connectivity index (χ2n) is 2.88. The van der Waals surface area contributed by atoms with Crippen molar-refractivity contribution in [3.05, 3.63) is 28.2 Å². The van der Waals surface area contributed by atoms with Gasteiger partial charge < -0.3 is 5.32 Å². The van der Waals surface area contributed by atoms with Gasteiger partial charge in [0.2, 0.25) is 5.91 Å². The molecule has 0 saturated carbocycles. The first-order valence-electron chi connectivity index (χ1n) is 4.25. The van der Waals surface area contributed by atoms with Crippen LogP contribution in [0.3, 0.4) is 0 Å². The first kappa shape index (κ1) is 13.9. The molecule has 3 amide bonds. The molecule has 0 bridgehead atoms. The summed E-state index contributed by atoms with van der Waals surface area (Å²) < 4.78 is 26.0. The Kier molecular flexibility index (Phi) is 4.83. The van der Waals surface area contributed by atoms with Crippen molar-refractivity contribution in [3.63, 3.8) is 0 Å². The Morgan fingerprint density at radius 2 is 2.00 bits per heavy atom. The smallest absolute Gasteiger partial charge is 0.304 e. The number of anilines is 1. The third-order valence-electron chi connectivity index (χ3n) is 1.62. The number of benzene rings is 1. The molecule has 0 aliphatic carbocycles. The van der Waals surface area contributed by atoms with Crippen LogP contribution in [0.1, 0.15) is 0 Å². The molecular formula is C9H6BrClF2N2O2. The molecule has 0 aromatic heterocycles. The summed E-state index contributed by atoms with van der Waals surface area (Å²) in [5.74, 6) is -2.90. The minimum absolute atomic E-state index is 0.0171. The molecule has 1 rings (SSSR count). The predicted octanol–water partition coefficient (Wildman–Crippen LogP) is 2.61. The lowest BCUT2D eigenvalue weighted by Crippen LogP contribution is -2.35. The maximum Gasteiger partial charge on any atom is 0.326 e. The van der Waals surface area contributed by atoms with E-state index in [9.17, 15) is 18.4 Å². The van der Waals surface area contributed by atoms with Crippen LogP contribution in [0, 0.1) is 11.6 Å². The topological polar surface area (TPSA) is 58.2 Å². The maximum absolute atomic E-state index is 13.3. The minimum Gasteiger partial charge on any atom is -0.304 e. The molecule has 0 atom stereocenters. The quantitative estimate of drug-likeness (QED) is 0.820. The number of halogens is 4. The van der Waals surface area contributed by atoms with Crippen LogP contribution in [-0.2, 0) is 4.79 Å². The Balaban J connectivity index is 2.82. The van der Waals surface area contributed by atoms with E-state index < -0.39 is 29.5 Å². The highest BCUT2D eigenvalue weighted by molar-refractivity contribution is 9.10. The number of imide groups is 1. The normalized spacial score (nSPS) is 9.88. The SMILES string of the molecule is O=C(CCl)NC(=O)Nc1c(F)cc(F)cc1Br. The molecule has 8 heteroatoms. The van der Waals surface area contributed by atoms with Gasteiger partial charge in [0.25, 0.3) is 0 Å². The van der Waals surface area contributed by atoms with Gasteiger partial charge in [0.05, 0.1) is 5.69 Å². The second-order valence-corrected chi connectivity index (χ2v) is 4.00. The van der Waals surface area contributed by atoms with Crippen molar-refractivity contribution >= 4 is 45.2 Å². The average molecular weight is 328 g/mol. The molecule has 92 valence electrons.